The van der Waals surface area contributed by atoms with Crippen molar-refractivity contribution in [1.29, 1.82) is 0 Å². The lowest BCUT2D eigenvalue weighted by atomic mass is 10.2. The van der Waals surface area contributed by atoms with E-state index in [0.717, 1.165) is 0 Å². The maximum Gasteiger partial charge on any atom is 0.267 e. The number of nitrogens with one attached hydrogen (secondary N) is 3. The van der Waals surface area contributed by atoms with E-state index in [4.69, 9.17) is 4.74 Å². The van der Waals surface area contributed by atoms with Gasteiger partial charge < -0.3 is 15.4 Å². The zero-order chi connectivity index (χ0) is 29.1. The number of ether oxygens (including phenoxy) is 1. The zero-order valence-corrected chi connectivity index (χ0v) is 21.9. The molecule has 0 saturated heterocycles. The van der Waals surface area contributed by atoms with Gasteiger partial charge in [-0.3, -0.25) is 19.3 Å². The first-order valence-electron chi connectivity index (χ1n) is 12.5. The van der Waals surface area contributed by atoms with Crippen LogP contribution in [-0.2, 0) is 0 Å². The third-order valence-electron chi connectivity index (χ3n) is 6.05. The normalized spacial score (nSPS) is 12.0. The summed E-state index contributed by atoms with van der Waals surface area (Å²) in [6.45, 7) is 3.35. The number of carbonyl (C=O) groups is 1. The fourth-order valence-electron chi connectivity index (χ4n) is 4.17. The minimum absolute atomic E-state index is 0.114. The third kappa shape index (κ3) is 6.19. The molecule has 1 unspecified atom stereocenters. The van der Waals surface area contributed by atoms with Gasteiger partial charge in [0.25, 0.3) is 11.5 Å². The Kier molecular flexibility index (Phi) is 7.68. The Hall–Kier alpha value is -5.20. The van der Waals surface area contributed by atoms with Crippen LogP contribution >= 0.6 is 0 Å². The summed E-state index contributed by atoms with van der Waals surface area (Å²) in [5.74, 6) is 0.0485. The van der Waals surface area contributed by atoms with Gasteiger partial charge in [0.15, 0.2) is 11.5 Å². The average molecular weight is 564 g/mol. The molecule has 5 aromatic rings. The maximum atomic E-state index is 13.3. The molecule has 0 aliphatic heterocycles. The summed E-state index contributed by atoms with van der Waals surface area (Å²) >= 11 is 0. The fraction of sp³-hybridized carbons (Fsp3) is 0.179. The van der Waals surface area contributed by atoms with Crippen molar-refractivity contribution in [3.8, 4) is 17.2 Å². The highest BCUT2D eigenvalue weighted by molar-refractivity contribution is 6.03. The maximum absolute atomic E-state index is 13.3. The Balaban J connectivity index is 1.33. The molecule has 0 radical (unpaired) electrons. The van der Waals surface area contributed by atoms with Gasteiger partial charge in [0.1, 0.15) is 34.1 Å². The Morgan fingerprint density at radius 1 is 1.12 bits per heavy atom. The number of aromatic nitrogens is 5. The number of H-pyrrole nitrogens is 1. The first-order chi connectivity index (χ1) is 19.7. The van der Waals surface area contributed by atoms with E-state index in [-0.39, 0.29) is 17.8 Å². The number of aryl methyl sites for hydroxylation is 1. The minimum atomic E-state index is -2.47. The molecule has 0 aliphatic rings. The number of anilines is 2. The van der Waals surface area contributed by atoms with Crippen LogP contribution in [0.25, 0.3) is 16.7 Å². The summed E-state index contributed by atoms with van der Waals surface area (Å²) < 4.78 is 46.1. The molecule has 4 heterocycles. The molecule has 0 fully saturated rings. The number of rotatable bonds is 9. The third-order valence-corrected chi connectivity index (χ3v) is 6.05. The SMILES string of the molecule is Cc1cc(C(=O)Nc2ccc(Oc3ccnc4[nH]nc(NC(C)CC(F)F)c34)cn2)c(=O)n(-c2ccc(F)cc2)c1. The van der Waals surface area contributed by atoms with Crippen molar-refractivity contribution >= 4 is 28.6 Å². The topological polar surface area (TPSA) is 127 Å². The zero-order valence-electron chi connectivity index (χ0n) is 21.9. The van der Waals surface area contributed by atoms with Gasteiger partial charge in [-0.05, 0) is 61.9 Å². The lowest BCUT2D eigenvalue weighted by Gasteiger charge is -2.14. The van der Waals surface area contributed by atoms with Crippen LogP contribution in [0.5, 0.6) is 11.5 Å². The van der Waals surface area contributed by atoms with Gasteiger partial charge in [0.05, 0.1) is 6.20 Å². The highest BCUT2D eigenvalue weighted by atomic mass is 19.3. The molecule has 1 aromatic carbocycles. The number of hydrogen-bond donors (Lipinski definition) is 3. The van der Waals surface area contributed by atoms with Gasteiger partial charge in [-0.2, -0.15) is 5.10 Å². The summed E-state index contributed by atoms with van der Waals surface area (Å²) in [4.78, 5) is 34.4. The Morgan fingerprint density at radius 2 is 1.90 bits per heavy atom. The standard InChI is InChI=1S/C28H24F3N7O3/c1-15-11-20(28(40)38(14-15)18-5-3-17(29)4-6-18)27(39)35-23-8-7-19(13-33-23)41-21-9-10-32-25-24(21)26(37-36-25)34-16(2)12-22(30)31/h3-11,13-14,16,22H,12H2,1-2H3,(H,33,35,39)(H2,32,34,36,37). The molecule has 0 spiro atoms. The second-order valence-corrected chi connectivity index (χ2v) is 9.30. The van der Waals surface area contributed by atoms with Crippen LogP contribution < -0.4 is 20.9 Å². The van der Waals surface area contributed by atoms with Crippen LogP contribution in [0.15, 0.2) is 71.9 Å². The smallest absolute Gasteiger partial charge is 0.267 e. The molecule has 1 atom stereocenters. The Labute approximate surface area is 231 Å². The van der Waals surface area contributed by atoms with Crippen molar-refractivity contribution in [3.05, 3.63) is 94.4 Å². The van der Waals surface area contributed by atoms with E-state index in [1.807, 2.05) is 0 Å². The summed E-state index contributed by atoms with van der Waals surface area (Å²) in [5.41, 5.74) is 0.774. The van der Waals surface area contributed by atoms with E-state index in [1.165, 1.54) is 53.4 Å². The number of pyridine rings is 3. The number of benzene rings is 1. The molecule has 41 heavy (non-hydrogen) atoms. The first-order valence-corrected chi connectivity index (χ1v) is 12.5. The second-order valence-electron chi connectivity index (χ2n) is 9.30. The van der Waals surface area contributed by atoms with Crippen molar-refractivity contribution in [1.82, 2.24) is 24.7 Å². The van der Waals surface area contributed by atoms with Crippen LogP contribution in [0.1, 0.15) is 29.3 Å². The van der Waals surface area contributed by atoms with Gasteiger partial charge >= 0.3 is 0 Å². The number of carbonyl (C=O) groups excluding carboxylic acids is 1. The van der Waals surface area contributed by atoms with Gasteiger partial charge in [0.2, 0.25) is 6.43 Å². The molecular weight excluding hydrogens is 539 g/mol. The van der Waals surface area contributed by atoms with E-state index in [1.54, 1.807) is 32.2 Å². The molecule has 0 aliphatic carbocycles. The minimum Gasteiger partial charge on any atom is -0.455 e. The second kappa shape index (κ2) is 11.5. The van der Waals surface area contributed by atoms with Crippen molar-refractivity contribution in [2.75, 3.05) is 10.6 Å². The number of alkyl halides is 2. The van der Waals surface area contributed by atoms with E-state index < -0.39 is 29.8 Å². The Bertz CT molecular complexity index is 1750. The molecule has 3 N–H and O–H groups in total. The van der Waals surface area contributed by atoms with E-state index in [9.17, 15) is 22.8 Å². The summed E-state index contributed by atoms with van der Waals surface area (Å²) in [5, 5.41) is 12.9. The first kappa shape index (κ1) is 27.4. The monoisotopic (exact) mass is 563 g/mol. The van der Waals surface area contributed by atoms with Crippen LogP contribution in [0.3, 0.4) is 0 Å². The number of fused-ring (bicyclic) bond motifs is 1. The summed E-state index contributed by atoms with van der Waals surface area (Å²) in [7, 11) is 0. The molecule has 0 bridgehead atoms. The highest BCUT2D eigenvalue weighted by Gasteiger charge is 2.18. The van der Waals surface area contributed by atoms with Gasteiger partial charge in [-0.1, -0.05) is 0 Å². The van der Waals surface area contributed by atoms with Crippen molar-refractivity contribution in [2.24, 2.45) is 0 Å². The van der Waals surface area contributed by atoms with Crippen molar-refractivity contribution < 1.29 is 22.7 Å². The molecule has 10 nitrogen and oxygen atoms in total. The number of nitrogens with zero attached hydrogens (tertiary/aromatic N) is 4. The average Bonchev–Trinajstić information content (AvgIpc) is 3.34. The Morgan fingerprint density at radius 3 is 2.61 bits per heavy atom. The van der Waals surface area contributed by atoms with Crippen molar-refractivity contribution in [3.63, 3.8) is 0 Å². The van der Waals surface area contributed by atoms with Gasteiger partial charge in [-0.15, -0.1) is 0 Å². The molecule has 5 rings (SSSR count). The van der Waals surface area contributed by atoms with Crippen LogP contribution in [0.4, 0.5) is 24.8 Å². The lowest BCUT2D eigenvalue weighted by molar-refractivity contribution is 0.102. The van der Waals surface area contributed by atoms with Crippen molar-refractivity contribution in [2.45, 2.75) is 32.7 Å². The summed E-state index contributed by atoms with van der Waals surface area (Å²) in [6.07, 6.45) is 1.62. The predicted molar refractivity (Wildman–Crippen MR) is 147 cm³/mol. The molecule has 210 valence electrons. The van der Waals surface area contributed by atoms with Crippen LogP contribution in [-0.4, -0.2) is 43.1 Å². The quantitative estimate of drug-likeness (QED) is 0.218. The predicted octanol–water partition coefficient (Wildman–Crippen LogP) is 5.45. The van der Waals surface area contributed by atoms with E-state index >= 15 is 0 Å². The summed E-state index contributed by atoms with van der Waals surface area (Å²) in [6, 6.07) is 10.9. The van der Waals surface area contributed by atoms with E-state index in [2.05, 4.69) is 30.8 Å². The van der Waals surface area contributed by atoms with Gasteiger partial charge in [0, 0.05) is 36.6 Å². The van der Waals surface area contributed by atoms with E-state index in [0.29, 0.717) is 39.6 Å². The number of halogens is 3. The molecule has 13 heteroatoms. The largest absolute Gasteiger partial charge is 0.455 e. The van der Waals surface area contributed by atoms with Crippen LogP contribution in [0, 0.1) is 12.7 Å². The fourth-order valence-corrected chi connectivity index (χ4v) is 4.17. The number of amides is 1. The highest BCUT2D eigenvalue weighted by Crippen LogP contribution is 2.33. The molecule has 1 amide bonds. The molecular formula is C28H24F3N7O3. The number of hydrogen-bond acceptors (Lipinski definition) is 7. The van der Waals surface area contributed by atoms with Crippen LogP contribution in [0.2, 0.25) is 0 Å². The van der Waals surface area contributed by atoms with Gasteiger partial charge in [-0.25, -0.2) is 23.1 Å². The lowest BCUT2D eigenvalue weighted by Crippen LogP contribution is -2.28. The molecule has 4 aromatic heterocycles. The molecule has 0 saturated carbocycles. The number of aromatic amines is 1.